The van der Waals surface area contributed by atoms with Crippen LogP contribution in [-0.4, -0.2) is 39.5 Å². The van der Waals surface area contributed by atoms with Crippen LogP contribution in [0.1, 0.15) is 78.5 Å². The van der Waals surface area contributed by atoms with E-state index in [9.17, 15) is 9.18 Å². The Morgan fingerprint density at radius 1 is 1.23 bits per heavy atom. The molecule has 2 atom stereocenters. The van der Waals surface area contributed by atoms with Gasteiger partial charge in [-0.15, -0.1) is 0 Å². The van der Waals surface area contributed by atoms with Crippen LogP contribution in [0.4, 0.5) is 4.39 Å². The minimum atomic E-state index is -0.878. The van der Waals surface area contributed by atoms with Crippen molar-refractivity contribution in [2.75, 3.05) is 0 Å². The maximum Gasteiger partial charge on any atom is 0.308 e. The van der Waals surface area contributed by atoms with Crippen molar-refractivity contribution in [3.8, 4) is 11.3 Å². The summed E-state index contributed by atoms with van der Waals surface area (Å²) in [5.74, 6) is -1.45. The molecule has 0 spiro atoms. The quantitative estimate of drug-likeness (QED) is 0.321. The average Bonchev–Trinajstić information content (AvgIpc) is 2.70. The third-order valence-electron chi connectivity index (χ3n) is 5.29. The van der Waals surface area contributed by atoms with E-state index in [1.165, 1.54) is 12.1 Å². The first-order chi connectivity index (χ1) is 16.2. The monoisotopic (exact) mass is 504 g/mol. The number of rotatable bonds is 6. The summed E-state index contributed by atoms with van der Waals surface area (Å²) < 4.78 is 31.1. The van der Waals surface area contributed by atoms with Crippen molar-refractivity contribution in [2.45, 2.75) is 90.8 Å². The van der Waals surface area contributed by atoms with E-state index in [1.54, 1.807) is 12.1 Å². The second-order valence-corrected chi connectivity index (χ2v) is 10.8. The van der Waals surface area contributed by atoms with Crippen molar-refractivity contribution in [3.05, 3.63) is 52.7 Å². The topological polar surface area (TPSA) is 70.5 Å². The number of carbonyl (C=O) groups is 1. The Balaban J connectivity index is 1.91. The number of esters is 1. The van der Waals surface area contributed by atoms with Crippen LogP contribution in [0.5, 0.6) is 0 Å². The van der Waals surface area contributed by atoms with Crippen LogP contribution in [0.2, 0.25) is 5.28 Å². The first-order valence-corrected chi connectivity index (χ1v) is 12.2. The molecule has 1 aliphatic heterocycles. The minimum absolute atomic E-state index is 0.0707. The Kier molecular flexibility index (Phi) is 8.35. The molecule has 0 bridgehead atoms. The lowest BCUT2D eigenvalue weighted by Gasteiger charge is -2.39. The zero-order chi connectivity index (χ0) is 26.0. The highest BCUT2D eigenvalue weighted by Crippen LogP contribution is 2.33. The molecule has 0 unspecified atom stereocenters. The number of hydrogen-bond acceptors (Lipinski definition) is 6. The van der Waals surface area contributed by atoms with Gasteiger partial charge in [-0.1, -0.05) is 26.0 Å². The molecule has 1 fully saturated rings. The fraction of sp³-hybridized carbons (Fsp3) is 0.519. The second kappa shape index (κ2) is 10.7. The summed E-state index contributed by atoms with van der Waals surface area (Å²) in [6.07, 6.45) is 3.79. The first-order valence-electron chi connectivity index (χ1n) is 11.8. The molecular formula is C27H34ClFN2O4. The van der Waals surface area contributed by atoms with E-state index >= 15 is 0 Å². The minimum Gasteiger partial charge on any atom is -0.460 e. The number of carbonyl (C=O) groups excluding carboxylic acids is 1. The van der Waals surface area contributed by atoms with Gasteiger partial charge in [0.2, 0.25) is 5.28 Å². The molecule has 1 aliphatic rings. The smallest absolute Gasteiger partial charge is 0.308 e. The van der Waals surface area contributed by atoms with Crippen molar-refractivity contribution in [2.24, 2.45) is 0 Å². The summed E-state index contributed by atoms with van der Waals surface area (Å²) in [5, 5.41) is 0.131. The van der Waals surface area contributed by atoms with Gasteiger partial charge in [0, 0.05) is 17.5 Å². The van der Waals surface area contributed by atoms with Crippen LogP contribution in [0.3, 0.4) is 0 Å². The van der Waals surface area contributed by atoms with E-state index in [1.807, 2.05) is 60.6 Å². The Bertz CT molecular complexity index is 1080. The lowest BCUT2D eigenvalue weighted by atomic mass is 9.97. The molecule has 3 rings (SSSR count). The van der Waals surface area contributed by atoms with Crippen LogP contribution in [0.15, 0.2) is 30.3 Å². The highest BCUT2D eigenvalue weighted by Gasteiger charge is 2.36. The van der Waals surface area contributed by atoms with E-state index in [-0.39, 0.29) is 41.6 Å². The molecule has 35 heavy (non-hydrogen) atoms. The number of hydrogen-bond donors (Lipinski definition) is 0. The predicted molar refractivity (Wildman–Crippen MR) is 134 cm³/mol. The molecule has 1 aromatic heterocycles. The molecule has 0 aliphatic carbocycles. The van der Waals surface area contributed by atoms with Gasteiger partial charge in [-0.05, 0) is 76.4 Å². The molecule has 1 aromatic carbocycles. The number of nitrogens with zero attached hydrogens (tertiary/aromatic N) is 2. The Morgan fingerprint density at radius 3 is 2.49 bits per heavy atom. The van der Waals surface area contributed by atoms with Gasteiger partial charge < -0.3 is 14.2 Å². The Hall–Kier alpha value is -2.35. The van der Waals surface area contributed by atoms with Gasteiger partial charge in [-0.25, -0.2) is 14.4 Å². The van der Waals surface area contributed by atoms with E-state index in [0.717, 1.165) is 16.8 Å². The van der Waals surface area contributed by atoms with Crippen molar-refractivity contribution in [1.29, 1.82) is 0 Å². The fourth-order valence-corrected chi connectivity index (χ4v) is 4.23. The van der Waals surface area contributed by atoms with Crippen LogP contribution in [0, 0.1) is 5.82 Å². The van der Waals surface area contributed by atoms with E-state index in [4.69, 9.17) is 25.8 Å². The number of ether oxygens (including phenoxy) is 3. The molecule has 0 N–H and O–H groups in total. The highest BCUT2D eigenvalue weighted by molar-refractivity contribution is 6.28. The van der Waals surface area contributed by atoms with Gasteiger partial charge in [-0.3, -0.25) is 4.79 Å². The van der Waals surface area contributed by atoms with Gasteiger partial charge in [0.15, 0.2) is 5.79 Å². The molecule has 190 valence electrons. The zero-order valence-corrected chi connectivity index (χ0v) is 22.1. The van der Waals surface area contributed by atoms with Gasteiger partial charge in [0.25, 0.3) is 0 Å². The molecular weight excluding hydrogens is 471 g/mol. The normalized spacial score (nSPS) is 20.4. The highest BCUT2D eigenvalue weighted by atomic mass is 35.5. The Labute approximate surface area is 211 Å². The predicted octanol–water partition coefficient (Wildman–Crippen LogP) is 6.71. The van der Waals surface area contributed by atoms with Gasteiger partial charge in [0.1, 0.15) is 11.4 Å². The lowest BCUT2D eigenvalue weighted by molar-refractivity contribution is -0.290. The van der Waals surface area contributed by atoms with Gasteiger partial charge >= 0.3 is 5.97 Å². The van der Waals surface area contributed by atoms with Crippen LogP contribution >= 0.6 is 11.6 Å². The molecule has 2 aromatic rings. The van der Waals surface area contributed by atoms with Gasteiger partial charge in [0.05, 0.1) is 30.0 Å². The van der Waals surface area contributed by atoms with Crippen LogP contribution < -0.4 is 0 Å². The number of halogens is 2. The fourth-order valence-electron chi connectivity index (χ4n) is 4.06. The Morgan fingerprint density at radius 2 is 1.89 bits per heavy atom. The van der Waals surface area contributed by atoms with E-state index in [0.29, 0.717) is 12.1 Å². The molecule has 2 heterocycles. The standard InChI is InChI=1S/C27H34ClFN2O4/c1-16(2)23-21(24(31-25(28)30-23)17-8-10-18(29)11-9-17)13-12-19-14-20(34-27(6,7)33-19)15-22(32)35-26(3,4)5/h8-13,16,19-20H,14-15H2,1-7H3/t19-,20-/m1/s1. The van der Waals surface area contributed by atoms with Crippen molar-refractivity contribution >= 4 is 23.6 Å². The summed E-state index contributed by atoms with van der Waals surface area (Å²) in [5.41, 5.74) is 2.34. The summed E-state index contributed by atoms with van der Waals surface area (Å²) >= 11 is 6.24. The lowest BCUT2D eigenvalue weighted by Crippen LogP contribution is -2.45. The van der Waals surface area contributed by atoms with Crippen LogP contribution in [0.25, 0.3) is 17.3 Å². The number of aromatic nitrogens is 2. The third kappa shape index (κ3) is 7.82. The first kappa shape index (κ1) is 27.2. The molecule has 0 radical (unpaired) electrons. The number of benzene rings is 1. The molecule has 8 heteroatoms. The summed E-state index contributed by atoms with van der Waals surface area (Å²) in [6, 6.07) is 6.11. The maximum absolute atomic E-state index is 13.5. The van der Waals surface area contributed by atoms with Crippen molar-refractivity contribution < 1.29 is 23.4 Å². The SMILES string of the molecule is CC(C)c1nc(Cl)nc(-c2ccc(F)cc2)c1C=C[C@@H]1C[C@H](CC(=O)OC(C)(C)C)OC(C)(C)O1. The molecule has 6 nitrogen and oxygen atoms in total. The van der Waals surface area contributed by atoms with Crippen LogP contribution in [-0.2, 0) is 19.0 Å². The van der Waals surface area contributed by atoms with Gasteiger partial charge in [-0.2, -0.15) is 0 Å². The van der Waals surface area contributed by atoms with Crippen molar-refractivity contribution in [3.63, 3.8) is 0 Å². The molecule has 1 saturated heterocycles. The summed E-state index contributed by atoms with van der Waals surface area (Å²) in [4.78, 5) is 21.3. The third-order valence-corrected chi connectivity index (χ3v) is 5.45. The van der Waals surface area contributed by atoms with E-state index in [2.05, 4.69) is 9.97 Å². The van der Waals surface area contributed by atoms with E-state index < -0.39 is 11.4 Å². The summed E-state index contributed by atoms with van der Waals surface area (Å²) in [7, 11) is 0. The molecule has 0 saturated carbocycles. The largest absolute Gasteiger partial charge is 0.460 e. The summed E-state index contributed by atoms with van der Waals surface area (Å²) in [6.45, 7) is 13.2. The molecule has 0 amide bonds. The second-order valence-electron chi connectivity index (χ2n) is 10.5. The average molecular weight is 505 g/mol. The zero-order valence-electron chi connectivity index (χ0n) is 21.4. The maximum atomic E-state index is 13.5. The van der Waals surface area contributed by atoms with Crippen molar-refractivity contribution in [1.82, 2.24) is 9.97 Å².